The van der Waals surface area contributed by atoms with Crippen LogP contribution in [-0.2, 0) is 0 Å². The first-order valence-electron chi connectivity index (χ1n) is 7.93. The summed E-state index contributed by atoms with van der Waals surface area (Å²) in [5, 5.41) is 10.6. The molecule has 2 aromatic rings. The molecule has 1 aromatic heterocycles. The van der Waals surface area contributed by atoms with Crippen LogP contribution < -0.4 is 10.6 Å². The van der Waals surface area contributed by atoms with E-state index in [1.807, 2.05) is 35.0 Å². The molecule has 1 aliphatic carbocycles. The maximum atomic E-state index is 12.4. The van der Waals surface area contributed by atoms with Crippen LogP contribution in [0, 0.1) is 0 Å². The summed E-state index contributed by atoms with van der Waals surface area (Å²) in [5.41, 5.74) is 2.77. The van der Waals surface area contributed by atoms with Gasteiger partial charge in [-0.2, -0.15) is 5.10 Å². The van der Waals surface area contributed by atoms with E-state index >= 15 is 0 Å². The number of nitrogens with zero attached hydrogens (tertiary/aromatic N) is 2. The van der Waals surface area contributed by atoms with E-state index in [1.54, 1.807) is 6.20 Å². The summed E-state index contributed by atoms with van der Waals surface area (Å²) >= 11 is 0. The molecule has 0 bridgehead atoms. The minimum atomic E-state index is -0.0259. The lowest BCUT2D eigenvalue weighted by atomic mass is 10.1. The van der Waals surface area contributed by atoms with E-state index in [2.05, 4.69) is 22.7 Å². The molecular formula is C17H23ClN4O. The number of benzene rings is 1. The van der Waals surface area contributed by atoms with Crippen molar-refractivity contribution in [2.24, 2.45) is 0 Å². The Labute approximate surface area is 142 Å². The van der Waals surface area contributed by atoms with Gasteiger partial charge in [0.1, 0.15) is 0 Å². The standard InChI is InChI=1S/C17H22N4O.ClH/c1-2-18-10-11-19-17(22)15-12-20-21(16(15)13-8-9-13)14-6-4-3-5-7-14;/h3-7,12-13,18H,2,8-11H2,1H3,(H,19,22);1H. The van der Waals surface area contributed by atoms with E-state index in [1.165, 1.54) is 0 Å². The molecule has 3 rings (SSSR count). The highest BCUT2D eigenvalue weighted by Crippen LogP contribution is 2.42. The second kappa shape index (κ2) is 8.13. The number of hydrogen-bond acceptors (Lipinski definition) is 3. The summed E-state index contributed by atoms with van der Waals surface area (Å²) in [5.74, 6) is 0.430. The molecule has 0 aliphatic heterocycles. The molecule has 1 amide bonds. The van der Waals surface area contributed by atoms with Crippen LogP contribution >= 0.6 is 12.4 Å². The van der Waals surface area contributed by atoms with E-state index in [9.17, 15) is 4.79 Å². The molecule has 0 saturated heterocycles. The molecule has 5 nitrogen and oxygen atoms in total. The molecule has 2 N–H and O–H groups in total. The Bertz CT molecular complexity index is 637. The highest BCUT2D eigenvalue weighted by atomic mass is 35.5. The van der Waals surface area contributed by atoms with Crippen molar-refractivity contribution in [1.82, 2.24) is 20.4 Å². The topological polar surface area (TPSA) is 58.9 Å². The smallest absolute Gasteiger partial charge is 0.254 e. The number of aromatic nitrogens is 2. The van der Waals surface area contributed by atoms with Gasteiger partial charge in [-0.05, 0) is 31.5 Å². The number of likely N-dealkylation sites (N-methyl/N-ethyl adjacent to an activating group) is 1. The molecular weight excluding hydrogens is 312 g/mol. The van der Waals surface area contributed by atoms with Gasteiger partial charge >= 0.3 is 0 Å². The third kappa shape index (κ3) is 4.12. The maximum Gasteiger partial charge on any atom is 0.254 e. The minimum Gasteiger partial charge on any atom is -0.351 e. The molecule has 23 heavy (non-hydrogen) atoms. The fourth-order valence-corrected chi connectivity index (χ4v) is 2.59. The SMILES string of the molecule is CCNCCNC(=O)c1cnn(-c2ccccc2)c1C1CC1.Cl. The Kier molecular flexibility index (Phi) is 6.19. The Hall–Kier alpha value is -1.85. The lowest BCUT2D eigenvalue weighted by Gasteiger charge is -2.09. The molecule has 1 aromatic carbocycles. The van der Waals surface area contributed by atoms with Crippen LogP contribution in [0.15, 0.2) is 36.5 Å². The Balaban J connectivity index is 0.00000192. The largest absolute Gasteiger partial charge is 0.351 e. The predicted molar refractivity (Wildman–Crippen MR) is 93.7 cm³/mol. The molecule has 0 unspecified atom stereocenters. The molecule has 1 saturated carbocycles. The van der Waals surface area contributed by atoms with Crippen molar-refractivity contribution in [3.8, 4) is 5.69 Å². The lowest BCUT2D eigenvalue weighted by molar-refractivity contribution is 0.0953. The van der Waals surface area contributed by atoms with Gasteiger partial charge in [0.15, 0.2) is 0 Å². The molecule has 1 heterocycles. The number of para-hydroxylation sites is 1. The first-order chi connectivity index (χ1) is 10.8. The van der Waals surface area contributed by atoms with Gasteiger partial charge < -0.3 is 10.6 Å². The van der Waals surface area contributed by atoms with E-state index < -0.39 is 0 Å². The fourth-order valence-electron chi connectivity index (χ4n) is 2.59. The number of carbonyl (C=O) groups excluding carboxylic acids is 1. The summed E-state index contributed by atoms with van der Waals surface area (Å²) in [4.78, 5) is 12.4. The second-order valence-corrected chi connectivity index (χ2v) is 5.57. The van der Waals surface area contributed by atoms with Crippen molar-refractivity contribution in [2.45, 2.75) is 25.7 Å². The Morgan fingerprint density at radius 2 is 2.00 bits per heavy atom. The monoisotopic (exact) mass is 334 g/mol. The van der Waals surface area contributed by atoms with Gasteiger partial charge in [0.2, 0.25) is 0 Å². The van der Waals surface area contributed by atoms with Crippen LogP contribution in [0.3, 0.4) is 0 Å². The zero-order valence-electron chi connectivity index (χ0n) is 13.3. The summed E-state index contributed by atoms with van der Waals surface area (Å²) in [6.07, 6.45) is 3.97. The van der Waals surface area contributed by atoms with Crippen molar-refractivity contribution in [3.63, 3.8) is 0 Å². The molecule has 0 atom stereocenters. The van der Waals surface area contributed by atoms with E-state index in [0.29, 0.717) is 18.0 Å². The van der Waals surface area contributed by atoms with Gasteiger partial charge in [-0.15, -0.1) is 12.4 Å². The molecule has 124 valence electrons. The molecule has 1 fully saturated rings. The number of nitrogens with one attached hydrogen (secondary N) is 2. The number of rotatable bonds is 7. The number of hydrogen-bond donors (Lipinski definition) is 2. The molecule has 0 radical (unpaired) electrons. The van der Waals surface area contributed by atoms with Crippen LogP contribution in [0.25, 0.3) is 5.69 Å². The van der Waals surface area contributed by atoms with Crippen LogP contribution in [0.4, 0.5) is 0 Å². The molecule has 6 heteroatoms. The number of amides is 1. The van der Waals surface area contributed by atoms with Crippen LogP contribution in [0.5, 0.6) is 0 Å². The third-order valence-electron chi connectivity index (χ3n) is 3.85. The third-order valence-corrected chi connectivity index (χ3v) is 3.85. The predicted octanol–water partition coefficient (Wildman–Crippen LogP) is 2.51. The summed E-state index contributed by atoms with van der Waals surface area (Å²) in [7, 11) is 0. The maximum absolute atomic E-state index is 12.4. The van der Waals surface area contributed by atoms with Crippen molar-refractivity contribution < 1.29 is 4.79 Å². The highest BCUT2D eigenvalue weighted by molar-refractivity contribution is 5.95. The summed E-state index contributed by atoms with van der Waals surface area (Å²) in [6.45, 7) is 4.38. The zero-order valence-corrected chi connectivity index (χ0v) is 14.1. The minimum absolute atomic E-state index is 0. The number of halogens is 1. The van der Waals surface area contributed by atoms with Crippen molar-refractivity contribution in [1.29, 1.82) is 0 Å². The van der Waals surface area contributed by atoms with Gasteiger partial charge in [-0.3, -0.25) is 4.79 Å². The molecule has 0 spiro atoms. The first-order valence-corrected chi connectivity index (χ1v) is 7.93. The van der Waals surface area contributed by atoms with E-state index in [0.717, 1.165) is 37.3 Å². The van der Waals surface area contributed by atoms with Crippen LogP contribution in [0.1, 0.15) is 41.7 Å². The Morgan fingerprint density at radius 1 is 1.26 bits per heavy atom. The lowest BCUT2D eigenvalue weighted by Crippen LogP contribution is -2.32. The fraction of sp³-hybridized carbons (Fsp3) is 0.412. The van der Waals surface area contributed by atoms with Crippen LogP contribution in [0.2, 0.25) is 0 Å². The van der Waals surface area contributed by atoms with Gasteiger partial charge in [0, 0.05) is 19.0 Å². The first kappa shape index (κ1) is 17.5. The molecule has 1 aliphatic rings. The Morgan fingerprint density at radius 3 is 2.65 bits per heavy atom. The second-order valence-electron chi connectivity index (χ2n) is 5.57. The average molecular weight is 335 g/mol. The van der Waals surface area contributed by atoms with Crippen molar-refractivity contribution in [3.05, 3.63) is 47.8 Å². The van der Waals surface area contributed by atoms with Crippen LogP contribution in [-0.4, -0.2) is 35.3 Å². The average Bonchev–Trinajstić information content (AvgIpc) is 3.30. The zero-order chi connectivity index (χ0) is 15.4. The van der Waals surface area contributed by atoms with Crippen molar-refractivity contribution >= 4 is 18.3 Å². The highest BCUT2D eigenvalue weighted by Gasteiger charge is 2.32. The van der Waals surface area contributed by atoms with Gasteiger partial charge in [-0.1, -0.05) is 25.1 Å². The summed E-state index contributed by atoms with van der Waals surface area (Å²) in [6, 6.07) is 10.0. The van der Waals surface area contributed by atoms with E-state index in [-0.39, 0.29) is 18.3 Å². The van der Waals surface area contributed by atoms with E-state index in [4.69, 9.17) is 0 Å². The number of carbonyl (C=O) groups is 1. The quantitative estimate of drug-likeness (QED) is 0.765. The van der Waals surface area contributed by atoms with Crippen molar-refractivity contribution in [2.75, 3.05) is 19.6 Å². The van der Waals surface area contributed by atoms with Gasteiger partial charge in [-0.25, -0.2) is 4.68 Å². The normalized spacial score (nSPS) is 13.4. The summed E-state index contributed by atoms with van der Waals surface area (Å²) < 4.78 is 1.91. The van der Waals surface area contributed by atoms with Gasteiger partial charge in [0.25, 0.3) is 5.91 Å². The van der Waals surface area contributed by atoms with Gasteiger partial charge in [0.05, 0.1) is 23.1 Å².